The van der Waals surface area contributed by atoms with Crippen molar-refractivity contribution in [1.29, 1.82) is 0 Å². The Hall–Kier alpha value is -2.56. The number of rotatable bonds is 3. The number of pyridine rings is 1. The Bertz CT molecular complexity index is 848. The molecular weight excluding hydrogens is 274 g/mol. The van der Waals surface area contributed by atoms with Crippen LogP contribution in [0.15, 0.2) is 24.4 Å². The maximum absolute atomic E-state index is 6.08. The maximum Gasteiger partial charge on any atom is 0.134 e. The fraction of sp³-hybridized carbons (Fsp3) is 0.294. The smallest absolute Gasteiger partial charge is 0.134 e. The first-order valence-electron chi connectivity index (χ1n) is 7.35. The van der Waals surface area contributed by atoms with E-state index in [1.54, 1.807) is 6.20 Å². The second-order valence-corrected chi connectivity index (χ2v) is 5.68. The monoisotopic (exact) mass is 295 g/mol. The molecule has 0 saturated heterocycles. The van der Waals surface area contributed by atoms with E-state index in [0.717, 1.165) is 28.0 Å². The summed E-state index contributed by atoms with van der Waals surface area (Å²) in [5.41, 5.74) is 11.5. The molecule has 5 nitrogen and oxygen atoms in total. The molecule has 3 N–H and O–H groups in total. The summed E-state index contributed by atoms with van der Waals surface area (Å²) in [5, 5.41) is 10.0. The topological polar surface area (TPSA) is 68.8 Å². The van der Waals surface area contributed by atoms with Crippen LogP contribution in [0.5, 0.6) is 0 Å². The normalized spacial score (nSPS) is 11.1. The molecule has 0 aliphatic rings. The number of hydrogen-bond donors (Lipinski definition) is 2. The van der Waals surface area contributed by atoms with Crippen LogP contribution >= 0.6 is 0 Å². The molecule has 0 spiro atoms. The molecule has 2 aromatic heterocycles. The molecule has 114 valence electrons. The van der Waals surface area contributed by atoms with Gasteiger partial charge in [0.1, 0.15) is 5.82 Å². The van der Waals surface area contributed by atoms with Crippen LogP contribution in [-0.2, 0) is 13.6 Å². The Balaban J connectivity index is 2.00. The Morgan fingerprint density at radius 2 is 1.95 bits per heavy atom. The van der Waals surface area contributed by atoms with Gasteiger partial charge in [0.15, 0.2) is 0 Å². The Morgan fingerprint density at radius 1 is 1.18 bits per heavy atom. The van der Waals surface area contributed by atoms with Crippen molar-refractivity contribution in [3.05, 3.63) is 46.9 Å². The third-order valence-corrected chi connectivity index (χ3v) is 4.26. The van der Waals surface area contributed by atoms with Crippen LogP contribution < -0.4 is 11.1 Å². The molecule has 0 amide bonds. The van der Waals surface area contributed by atoms with Gasteiger partial charge in [-0.25, -0.2) is 4.98 Å². The van der Waals surface area contributed by atoms with Gasteiger partial charge in [-0.1, -0.05) is 6.07 Å². The zero-order valence-electron chi connectivity index (χ0n) is 13.4. The lowest BCUT2D eigenvalue weighted by Crippen LogP contribution is -2.05. The van der Waals surface area contributed by atoms with Crippen LogP contribution in [0.25, 0.3) is 10.8 Å². The fourth-order valence-corrected chi connectivity index (χ4v) is 2.87. The minimum atomic E-state index is 0.700. The van der Waals surface area contributed by atoms with E-state index in [1.807, 2.05) is 36.9 Å². The van der Waals surface area contributed by atoms with Gasteiger partial charge in [-0.05, 0) is 38.5 Å². The minimum absolute atomic E-state index is 0.700. The molecule has 3 aromatic rings. The molecule has 1 aromatic carbocycles. The molecule has 0 atom stereocenters. The van der Waals surface area contributed by atoms with Crippen LogP contribution in [0.2, 0.25) is 0 Å². The number of benzene rings is 1. The van der Waals surface area contributed by atoms with Gasteiger partial charge < -0.3 is 11.1 Å². The first-order valence-corrected chi connectivity index (χ1v) is 7.35. The average Bonchev–Trinajstić information content (AvgIpc) is 2.74. The van der Waals surface area contributed by atoms with E-state index in [4.69, 9.17) is 5.73 Å². The number of aromatic nitrogens is 3. The summed E-state index contributed by atoms with van der Waals surface area (Å²) in [4.78, 5) is 4.50. The van der Waals surface area contributed by atoms with E-state index in [1.165, 1.54) is 16.8 Å². The van der Waals surface area contributed by atoms with Crippen molar-refractivity contribution in [3.63, 3.8) is 0 Å². The molecule has 0 aliphatic heterocycles. The second-order valence-electron chi connectivity index (χ2n) is 5.68. The number of nitrogens with one attached hydrogen (secondary N) is 1. The lowest BCUT2D eigenvalue weighted by Gasteiger charge is -2.12. The number of anilines is 2. The summed E-state index contributed by atoms with van der Waals surface area (Å²) in [7, 11) is 1.97. The largest absolute Gasteiger partial charge is 0.398 e. The van der Waals surface area contributed by atoms with Crippen LogP contribution in [0.3, 0.4) is 0 Å². The van der Waals surface area contributed by atoms with Crippen LogP contribution in [0.1, 0.15) is 22.5 Å². The standard InChI is InChI=1S/C17H21N5/c1-10-5-6-15(18)13-7-8-19-17(16(10)13)20-9-14-11(2)21-22(4)12(14)3/h5-8H,9,18H2,1-4H3,(H,19,20). The predicted octanol–water partition coefficient (Wildman–Crippen LogP) is 3.09. The summed E-state index contributed by atoms with van der Waals surface area (Å²) >= 11 is 0. The molecule has 3 rings (SSSR count). The third-order valence-electron chi connectivity index (χ3n) is 4.26. The number of fused-ring (bicyclic) bond motifs is 1. The molecule has 0 saturated carbocycles. The first kappa shape index (κ1) is 14.4. The van der Waals surface area contributed by atoms with Gasteiger partial charge in [0.2, 0.25) is 0 Å². The molecule has 0 unspecified atom stereocenters. The van der Waals surface area contributed by atoms with Crippen molar-refractivity contribution >= 4 is 22.3 Å². The van der Waals surface area contributed by atoms with Crippen molar-refractivity contribution in [2.45, 2.75) is 27.3 Å². The average molecular weight is 295 g/mol. The van der Waals surface area contributed by atoms with Crippen LogP contribution in [0, 0.1) is 20.8 Å². The van der Waals surface area contributed by atoms with E-state index in [0.29, 0.717) is 6.54 Å². The van der Waals surface area contributed by atoms with Crippen molar-refractivity contribution in [2.75, 3.05) is 11.1 Å². The Kier molecular flexibility index (Phi) is 3.48. The van der Waals surface area contributed by atoms with E-state index in [9.17, 15) is 0 Å². The highest BCUT2D eigenvalue weighted by atomic mass is 15.3. The van der Waals surface area contributed by atoms with Gasteiger partial charge >= 0.3 is 0 Å². The molecule has 5 heteroatoms. The van der Waals surface area contributed by atoms with E-state index in [2.05, 4.69) is 29.2 Å². The van der Waals surface area contributed by atoms with Gasteiger partial charge in [0.25, 0.3) is 0 Å². The highest BCUT2D eigenvalue weighted by Gasteiger charge is 2.11. The Morgan fingerprint density at radius 3 is 2.64 bits per heavy atom. The van der Waals surface area contributed by atoms with Crippen molar-refractivity contribution in [1.82, 2.24) is 14.8 Å². The molecule has 0 radical (unpaired) electrons. The zero-order valence-corrected chi connectivity index (χ0v) is 13.4. The highest BCUT2D eigenvalue weighted by molar-refractivity contribution is 6.01. The third kappa shape index (κ3) is 2.28. The van der Waals surface area contributed by atoms with E-state index in [-0.39, 0.29) is 0 Å². The second kappa shape index (κ2) is 5.33. The Labute approximate surface area is 130 Å². The first-order chi connectivity index (χ1) is 10.5. The van der Waals surface area contributed by atoms with Gasteiger partial charge in [-0.2, -0.15) is 5.10 Å². The SMILES string of the molecule is Cc1nn(C)c(C)c1CNc1nccc2c(N)ccc(C)c12. The van der Waals surface area contributed by atoms with Crippen molar-refractivity contribution < 1.29 is 0 Å². The van der Waals surface area contributed by atoms with Gasteiger partial charge in [-0.15, -0.1) is 0 Å². The highest BCUT2D eigenvalue weighted by Crippen LogP contribution is 2.29. The van der Waals surface area contributed by atoms with Gasteiger partial charge in [0, 0.05) is 47.5 Å². The maximum atomic E-state index is 6.08. The predicted molar refractivity (Wildman–Crippen MR) is 90.9 cm³/mol. The lowest BCUT2D eigenvalue weighted by atomic mass is 10.0. The van der Waals surface area contributed by atoms with Crippen molar-refractivity contribution in [2.24, 2.45) is 7.05 Å². The number of nitrogen functional groups attached to an aromatic ring is 1. The molecule has 0 fully saturated rings. The van der Waals surface area contributed by atoms with Gasteiger partial charge in [0.05, 0.1) is 5.69 Å². The molecule has 2 heterocycles. The molecule has 0 bridgehead atoms. The van der Waals surface area contributed by atoms with E-state index < -0.39 is 0 Å². The number of nitrogens with zero attached hydrogens (tertiary/aromatic N) is 3. The summed E-state index contributed by atoms with van der Waals surface area (Å²) in [6, 6.07) is 5.94. The number of nitrogens with two attached hydrogens (primary N) is 1. The summed E-state index contributed by atoms with van der Waals surface area (Å²) < 4.78 is 1.91. The van der Waals surface area contributed by atoms with Gasteiger partial charge in [-0.3, -0.25) is 4.68 Å². The number of hydrogen-bond acceptors (Lipinski definition) is 4. The molecular formula is C17H21N5. The van der Waals surface area contributed by atoms with Crippen LogP contribution in [0.4, 0.5) is 11.5 Å². The number of aryl methyl sites for hydroxylation is 3. The van der Waals surface area contributed by atoms with Crippen molar-refractivity contribution in [3.8, 4) is 0 Å². The zero-order chi connectivity index (χ0) is 15.9. The summed E-state index contributed by atoms with van der Waals surface area (Å²) in [5.74, 6) is 0.866. The summed E-state index contributed by atoms with van der Waals surface area (Å²) in [6.07, 6.45) is 1.80. The van der Waals surface area contributed by atoms with E-state index >= 15 is 0 Å². The summed E-state index contributed by atoms with van der Waals surface area (Å²) in [6.45, 7) is 6.89. The fourth-order valence-electron chi connectivity index (χ4n) is 2.87. The lowest BCUT2D eigenvalue weighted by molar-refractivity contribution is 0.730. The van der Waals surface area contributed by atoms with Crippen LogP contribution in [-0.4, -0.2) is 14.8 Å². The minimum Gasteiger partial charge on any atom is -0.398 e. The quantitative estimate of drug-likeness (QED) is 0.729. The molecule has 22 heavy (non-hydrogen) atoms. The molecule has 0 aliphatic carbocycles.